The zero-order valence-electron chi connectivity index (χ0n) is 16.3. The van der Waals surface area contributed by atoms with Crippen molar-refractivity contribution in [1.82, 2.24) is 15.2 Å². The molecule has 0 aromatic carbocycles. The topological polar surface area (TPSA) is 107 Å². The van der Waals surface area contributed by atoms with Crippen molar-refractivity contribution in [3.8, 4) is 11.6 Å². The number of halogens is 6. The highest BCUT2D eigenvalue weighted by Crippen LogP contribution is 2.44. The lowest BCUT2D eigenvalue weighted by atomic mass is 9.94. The molecule has 1 aliphatic rings. The summed E-state index contributed by atoms with van der Waals surface area (Å²) >= 11 is 0. The molecule has 0 radical (unpaired) electrons. The SMILES string of the molecule is COC1CCCCCCC(O)(C(F)(F)F)c2nnc(o2)-c2nc1c(C(F)(F)F)cc2N. The molecule has 13 heteroatoms. The van der Waals surface area contributed by atoms with Crippen LogP contribution in [0.5, 0.6) is 0 Å². The van der Waals surface area contributed by atoms with E-state index in [0.717, 1.165) is 0 Å². The molecule has 2 aromatic heterocycles. The number of nitrogen functional groups attached to an aromatic ring is 1. The van der Waals surface area contributed by atoms with Crippen LogP contribution in [0.1, 0.15) is 61.8 Å². The zero-order valence-corrected chi connectivity index (χ0v) is 16.3. The van der Waals surface area contributed by atoms with Gasteiger partial charge in [-0.1, -0.05) is 19.3 Å². The largest absolute Gasteiger partial charge is 0.426 e. The first-order valence-electron chi connectivity index (χ1n) is 9.42. The standard InChI is InChI=1S/C18H20F6N4O3/c1-30-11-6-4-2-3-5-7-16(29,18(22,23)24)15-28-27-14(31-15)13-10(25)8-9(12(11)26-13)17(19,20)21/h8,11,29H,2-7,25H2,1H3. The van der Waals surface area contributed by atoms with E-state index >= 15 is 0 Å². The van der Waals surface area contributed by atoms with Crippen LogP contribution in [0.2, 0.25) is 0 Å². The lowest BCUT2D eigenvalue weighted by Gasteiger charge is -2.27. The molecule has 172 valence electrons. The molecule has 0 spiro atoms. The van der Waals surface area contributed by atoms with Crippen molar-refractivity contribution in [2.24, 2.45) is 0 Å². The van der Waals surface area contributed by atoms with E-state index in [0.29, 0.717) is 25.3 Å². The lowest BCUT2D eigenvalue weighted by molar-refractivity contribution is -0.277. The Kier molecular flexibility index (Phi) is 6.20. The molecule has 0 aliphatic carbocycles. The van der Waals surface area contributed by atoms with Crippen molar-refractivity contribution >= 4 is 5.69 Å². The summed E-state index contributed by atoms with van der Waals surface area (Å²) in [5, 5.41) is 17.1. The fraction of sp³-hybridized carbons (Fsp3) is 0.611. The third kappa shape index (κ3) is 4.47. The molecule has 3 N–H and O–H groups in total. The molecule has 2 atom stereocenters. The van der Waals surface area contributed by atoms with E-state index in [-0.39, 0.29) is 12.8 Å². The van der Waals surface area contributed by atoms with E-state index in [1.807, 2.05) is 0 Å². The lowest BCUT2D eigenvalue weighted by Crippen LogP contribution is -2.42. The number of hydrogen-bond acceptors (Lipinski definition) is 7. The molecule has 2 aromatic rings. The monoisotopic (exact) mass is 454 g/mol. The van der Waals surface area contributed by atoms with Gasteiger partial charge >= 0.3 is 12.4 Å². The number of fused-ring (bicyclic) bond motifs is 5. The van der Waals surface area contributed by atoms with Crippen LogP contribution in [0.4, 0.5) is 32.0 Å². The summed E-state index contributed by atoms with van der Waals surface area (Å²) < 4.78 is 91.8. The molecule has 3 heterocycles. The number of ether oxygens (including phenoxy) is 1. The molecule has 0 amide bonds. The third-order valence-corrected chi connectivity index (χ3v) is 5.18. The van der Waals surface area contributed by atoms with Gasteiger partial charge in [0.25, 0.3) is 11.8 Å². The Balaban J connectivity index is 2.21. The van der Waals surface area contributed by atoms with Gasteiger partial charge in [0.2, 0.25) is 5.60 Å². The molecule has 2 unspecified atom stereocenters. The molecular formula is C18H20F6N4O3. The number of nitrogens with zero attached hydrogens (tertiary/aromatic N) is 3. The van der Waals surface area contributed by atoms with Crippen molar-refractivity contribution in [2.45, 2.75) is 62.6 Å². The van der Waals surface area contributed by atoms with Gasteiger partial charge in [-0.2, -0.15) is 26.3 Å². The molecule has 0 saturated carbocycles. The second-order valence-corrected chi connectivity index (χ2v) is 7.30. The van der Waals surface area contributed by atoms with Crippen LogP contribution in [0.3, 0.4) is 0 Å². The molecule has 7 nitrogen and oxygen atoms in total. The normalized spacial score (nSPS) is 23.4. The second kappa shape index (κ2) is 8.26. The van der Waals surface area contributed by atoms with E-state index in [4.69, 9.17) is 14.9 Å². The van der Waals surface area contributed by atoms with Crippen LogP contribution in [-0.4, -0.2) is 33.6 Å². The first-order valence-corrected chi connectivity index (χ1v) is 9.42. The second-order valence-electron chi connectivity index (χ2n) is 7.30. The molecular weight excluding hydrogens is 434 g/mol. The van der Waals surface area contributed by atoms with Crippen LogP contribution >= 0.6 is 0 Å². The third-order valence-electron chi connectivity index (χ3n) is 5.18. The summed E-state index contributed by atoms with van der Waals surface area (Å²) in [6.45, 7) is 0. The number of alkyl halides is 6. The van der Waals surface area contributed by atoms with Crippen molar-refractivity contribution in [3.63, 3.8) is 0 Å². The van der Waals surface area contributed by atoms with Crippen LogP contribution in [0, 0.1) is 0 Å². The number of aliphatic hydroxyl groups is 1. The highest BCUT2D eigenvalue weighted by atomic mass is 19.4. The fourth-order valence-corrected chi connectivity index (χ4v) is 3.47. The van der Waals surface area contributed by atoms with E-state index < -0.39 is 64.9 Å². The Hall–Kier alpha value is -2.41. The quantitative estimate of drug-likeness (QED) is 0.610. The predicted octanol–water partition coefficient (Wildman–Crippen LogP) is 4.52. The van der Waals surface area contributed by atoms with Crippen LogP contribution in [-0.2, 0) is 16.5 Å². The van der Waals surface area contributed by atoms with Gasteiger partial charge in [0, 0.05) is 7.11 Å². The minimum Gasteiger partial charge on any atom is -0.416 e. The van der Waals surface area contributed by atoms with Crippen molar-refractivity contribution < 1.29 is 40.6 Å². The van der Waals surface area contributed by atoms with Crippen LogP contribution in [0.25, 0.3) is 11.6 Å². The Bertz CT molecular complexity index is 930. The average molecular weight is 454 g/mol. The van der Waals surface area contributed by atoms with E-state index in [1.165, 1.54) is 7.11 Å². The predicted molar refractivity (Wildman–Crippen MR) is 94.3 cm³/mol. The van der Waals surface area contributed by atoms with Gasteiger partial charge < -0.3 is 20.0 Å². The summed E-state index contributed by atoms with van der Waals surface area (Å²) in [5.74, 6) is -1.77. The van der Waals surface area contributed by atoms with Crippen molar-refractivity contribution in [3.05, 3.63) is 23.2 Å². The van der Waals surface area contributed by atoms with E-state index in [1.54, 1.807) is 0 Å². The van der Waals surface area contributed by atoms with Gasteiger partial charge in [0.1, 0.15) is 0 Å². The molecule has 31 heavy (non-hydrogen) atoms. The molecule has 3 rings (SSSR count). The molecule has 4 bridgehead atoms. The van der Waals surface area contributed by atoms with Crippen LogP contribution < -0.4 is 5.73 Å². The highest BCUT2D eigenvalue weighted by Gasteiger charge is 2.58. The van der Waals surface area contributed by atoms with Gasteiger partial charge in [-0.05, 0) is 25.3 Å². The minimum absolute atomic E-state index is 0.0230. The maximum atomic E-state index is 13.6. The number of aromatic nitrogens is 3. The summed E-state index contributed by atoms with van der Waals surface area (Å²) in [6.07, 6.45) is -10.5. The van der Waals surface area contributed by atoms with Gasteiger partial charge in [0.05, 0.1) is 23.0 Å². The van der Waals surface area contributed by atoms with E-state index in [9.17, 15) is 31.4 Å². The Morgan fingerprint density at radius 3 is 2.42 bits per heavy atom. The number of nitrogens with two attached hydrogens (primary N) is 1. The van der Waals surface area contributed by atoms with Gasteiger partial charge in [0.15, 0.2) is 5.69 Å². The Morgan fingerprint density at radius 1 is 1.13 bits per heavy atom. The number of rotatable bonds is 1. The molecule has 0 fully saturated rings. The minimum atomic E-state index is -5.11. The van der Waals surface area contributed by atoms with Crippen molar-refractivity contribution in [2.75, 3.05) is 12.8 Å². The summed E-state index contributed by atoms with van der Waals surface area (Å²) in [4.78, 5) is 3.91. The van der Waals surface area contributed by atoms with Crippen LogP contribution in [0.15, 0.2) is 10.5 Å². The number of hydrogen-bond donors (Lipinski definition) is 2. The van der Waals surface area contributed by atoms with Gasteiger partial charge in [-0.25, -0.2) is 4.98 Å². The first-order chi connectivity index (χ1) is 14.4. The van der Waals surface area contributed by atoms with E-state index in [2.05, 4.69) is 15.2 Å². The average Bonchev–Trinajstić information content (AvgIpc) is 3.15. The number of methoxy groups -OCH3 is 1. The van der Waals surface area contributed by atoms with Gasteiger partial charge in [-0.3, -0.25) is 0 Å². The smallest absolute Gasteiger partial charge is 0.416 e. The summed E-state index contributed by atoms with van der Waals surface area (Å²) in [5.41, 5.74) is -0.269. The first kappa shape index (κ1) is 23.3. The summed E-state index contributed by atoms with van der Waals surface area (Å²) in [6, 6.07) is 0.607. The maximum absolute atomic E-state index is 13.6. The molecule has 0 saturated heterocycles. The molecule has 1 aliphatic heterocycles. The number of pyridine rings is 1. The van der Waals surface area contributed by atoms with Crippen molar-refractivity contribution in [1.29, 1.82) is 0 Å². The Labute approximate surface area is 172 Å². The van der Waals surface area contributed by atoms with Gasteiger partial charge in [-0.15, -0.1) is 10.2 Å². The highest BCUT2D eigenvalue weighted by molar-refractivity contribution is 5.67. The maximum Gasteiger partial charge on any atom is 0.426 e. The fourth-order valence-electron chi connectivity index (χ4n) is 3.47. The number of anilines is 1. The Morgan fingerprint density at radius 2 is 1.81 bits per heavy atom. The summed E-state index contributed by atoms with van der Waals surface area (Å²) in [7, 11) is 1.24. The zero-order chi connectivity index (χ0) is 23.0.